The van der Waals surface area contributed by atoms with Crippen molar-refractivity contribution in [1.29, 1.82) is 0 Å². The summed E-state index contributed by atoms with van der Waals surface area (Å²) < 4.78 is 6.58. The normalized spacial score (nSPS) is 10.3. The van der Waals surface area contributed by atoms with E-state index in [1.807, 2.05) is 36.4 Å². The summed E-state index contributed by atoms with van der Waals surface area (Å²) in [7, 11) is 0. The minimum absolute atomic E-state index is 0.666. The molecule has 0 bridgehead atoms. The quantitative estimate of drug-likeness (QED) is 0.540. The second kappa shape index (κ2) is 7.07. The number of rotatable bonds is 5. The standard InChI is InChI=1S/C14H12BrClOS/c15-13-10-11(16)6-7-14(13)17-8-9-18-12-4-2-1-3-5-12/h1-7,10H,8-9H2. The lowest BCUT2D eigenvalue weighted by molar-refractivity contribution is 0.342. The Morgan fingerprint density at radius 2 is 1.89 bits per heavy atom. The lowest BCUT2D eigenvalue weighted by Crippen LogP contribution is -2.00. The average Bonchev–Trinajstić information content (AvgIpc) is 2.38. The fourth-order valence-corrected chi connectivity index (χ4v) is 2.97. The van der Waals surface area contributed by atoms with Gasteiger partial charge in [-0.2, -0.15) is 0 Å². The van der Waals surface area contributed by atoms with Crippen LogP contribution in [-0.4, -0.2) is 12.4 Å². The van der Waals surface area contributed by atoms with Crippen LogP contribution >= 0.6 is 39.3 Å². The molecule has 0 aliphatic rings. The second-order valence-electron chi connectivity index (χ2n) is 3.58. The van der Waals surface area contributed by atoms with Crippen molar-refractivity contribution in [3.63, 3.8) is 0 Å². The van der Waals surface area contributed by atoms with Gasteiger partial charge in [0.25, 0.3) is 0 Å². The molecule has 0 saturated carbocycles. The molecule has 2 rings (SSSR count). The summed E-state index contributed by atoms with van der Waals surface area (Å²) >= 11 is 11.1. The molecular formula is C14H12BrClOS. The summed E-state index contributed by atoms with van der Waals surface area (Å²) in [5.41, 5.74) is 0. The molecule has 0 aromatic heterocycles. The van der Waals surface area contributed by atoms with Gasteiger partial charge in [-0.1, -0.05) is 29.8 Å². The van der Waals surface area contributed by atoms with E-state index in [9.17, 15) is 0 Å². The number of hydrogen-bond donors (Lipinski definition) is 0. The van der Waals surface area contributed by atoms with Crippen LogP contribution in [0.15, 0.2) is 57.9 Å². The van der Waals surface area contributed by atoms with Gasteiger partial charge in [-0.3, -0.25) is 0 Å². The summed E-state index contributed by atoms with van der Waals surface area (Å²) in [6, 6.07) is 15.8. The van der Waals surface area contributed by atoms with Crippen LogP contribution in [0, 0.1) is 0 Å². The molecule has 2 aromatic rings. The molecule has 0 spiro atoms. The van der Waals surface area contributed by atoms with Gasteiger partial charge in [0.2, 0.25) is 0 Å². The van der Waals surface area contributed by atoms with E-state index in [1.54, 1.807) is 11.8 Å². The molecule has 1 nitrogen and oxygen atoms in total. The zero-order valence-electron chi connectivity index (χ0n) is 9.61. The van der Waals surface area contributed by atoms with Gasteiger partial charge in [-0.05, 0) is 46.3 Å². The Morgan fingerprint density at radius 3 is 2.61 bits per heavy atom. The first-order valence-corrected chi connectivity index (χ1v) is 7.67. The molecule has 2 aromatic carbocycles. The van der Waals surface area contributed by atoms with Crippen molar-refractivity contribution in [1.82, 2.24) is 0 Å². The molecule has 0 unspecified atom stereocenters. The number of thioether (sulfide) groups is 1. The van der Waals surface area contributed by atoms with Gasteiger partial charge in [0, 0.05) is 15.7 Å². The Morgan fingerprint density at radius 1 is 1.11 bits per heavy atom. The van der Waals surface area contributed by atoms with Gasteiger partial charge in [0.1, 0.15) is 5.75 Å². The Labute approximate surface area is 125 Å². The topological polar surface area (TPSA) is 9.23 Å². The van der Waals surface area contributed by atoms with E-state index in [-0.39, 0.29) is 0 Å². The molecule has 0 amide bonds. The summed E-state index contributed by atoms with van der Waals surface area (Å²) in [6.07, 6.45) is 0. The highest BCUT2D eigenvalue weighted by Crippen LogP contribution is 2.28. The molecule has 94 valence electrons. The average molecular weight is 344 g/mol. The van der Waals surface area contributed by atoms with Crippen molar-refractivity contribution in [2.45, 2.75) is 4.90 Å². The molecular weight excluding hydrogens is 332 g/mol. The molecule has 0 heterocycles. The molecule has 18 heavy (non-hydrogen) atoms. The predicted octanol–water partition coefficient (Wildman–Crippen LogP) is 5.27. The summed E-state index contributed by atoms with van der Waals surface area (Å²) in [4.78, 5) is 1.26. The summed E-state index contributed by atoms with van der Waals surface area (Å²) in [5, 5.41) is 0.702. The number of hydrogen-bond acceptors (Lipinski definition) is 2. The minimum Gasteiger partial charge on any atom is -0.492 e. The maximum absolute atomic E-state index is 5.87. The van der Waals surface area contributed by atoms with Crippen molar-refractivity contribution in [2.75, 3.05) is 12.4 Å². The van der Waals surface area contributed by atoms with Gasteiger partial charge < -0.3 is 4.74 Å². The van der Waals surface area contributed by atoms with Crippen molar-refractivity contribution in [2.24, 2.45) is 0 Å². The molecule has 0 radical (unpaired) electrons. The van der Waals surface area contributed by atoms with E-state index in [0.717, 1.165) is 16.0 Å². The maximum Gasteiger partial charge on any atom is 0.133 e. The van der Waals surface area contributed by atoms with Crippen LogP contribution in [0.4, 0.5) is 0 Å². The molecule has 0 aliphatic heterocycles. The first-order chi connectivity index (χ1) is 8.75. The van der Waals surface area contributed by atoms with E-state index in [1.165, 1.54) is 4.90 Å². The van der Waals surface area contributed by atoms with Crippen LogP contribution in [0.2, 0.25) is 5.02 Å². The smallest absolute Gasteiger partial charge is 0.133 e. The van der Waals surface area contributed by atoms with Crippen molar-refractivity contribution in [3.05, 3.63) is 58.0 Å². The van der Waals surface area contributed by atoms with Crippen LogP contribution in [0.3, 0.4) is 0 Å². The van der Waals surface area contributed by atoms with Gasteiger partial charge in [0.15, 0.2) is 0 Å². The van der Waals surface area contributed by atoms with Crippen LogP contribution in [-0.2, 0) is 0 Å². The van der Waals surface area contributed by atoms with Gasteiger partial charge in [0.05, 0.1) is 11.1 Å². The van der Waals surface area contributed by atoms with Gasteiger partial charge in [-0.25, -0.2) is 0 Å². The van der Waals surface area contributed by atoms with E-state index < -0.39 is 0 Å². The van der Waals surface area contributed by atoms with Crippen molar-refractivity contribution >= 4 is 39.3 Å². The molecule has 4 heteroatoms. The van der Waals surface area contributed by atoms with E-state index in [4.69, 9.17) is 16.3 Å². The Hall–Kier alpha value is -0.640. The molecule has 0 aliphatic carbocycles. The van der Waals surface area contributed by atoms with Crippen LogP contribution in [0.1, 0.15) is 0 Å². The number of ether oxygens (including phenoxy) is 1. The highest BCUT2D eigenvalue weighted by atomic mass is 79.9. The molecule has 0 fully saturated rings. The highest BCUT2D eigenvalue weighted by Gasteiger charge is 2.01. The van der Waals surface area contributed by atoms with Crippen molar-refractivity contribution in [3.8, 4) is 5.75 Å². The van der Waals surface area contributed by atoms with Gasteiger partial charge >= 0.3 is 0 Å². The van der Waals surface area contributed by atoms with Crippen LogP contribution in [0.25, 0.3) is 0 Å². The van der Waals surface area contributed by atoms with Crippen LogP contribution < -0.4 is 4.74 Å². The maximum atomic E-state index is 5.87. The number of benzene rings is 2. The third-order valence-electron chi connectivity index (χ3n) is 2.25. The second-order valence-corrected chi connectivity index (χ2v) is 6.04. The fourth-order valence-electron chi connectivity index (χ4n) is 1.42. The molecule has 0 N–H and O–H groups in total. The van der Waals surface area contributed by atoms with E-state index in [2.05, 4.69) is 28.1 Å². The summed E-state index contributed by atoms with van der Waals surface area (Å²) in [6.45, 7) is 0.666. The third-order valence-corrected chi connectivity index (χ3v) is 4.08. The Kier molecular flexibility index (Phi) is 5.42. The largest absolute Gasteiger partial charge is 0.492 e. The Bertz CT molecular complexity index is 504. The SMILES string of the molecule is Clc1ccc(OCCSc2ccccc2)c(Br)c1. The highest BCUT2D eigenvalue weighted by molar-refractivity contribution is 9.10. The summed E-state index contributed by atoms with van der Waals surface area (Å²) in [5.74, 6) is 1.74. The Balaban J connectivity index is 1.79. The predicted molar refractivity (Wildman–Crippen MR) is 81.8 cm³/mol. The molecule has 0 saturated heterocycles. The van der Waals surface area contributed by atoms with Crippen LogP contribution in [0.5, 0.6) is 5.75 Å². The fraction of sp³-hybridized carbons (Fsp3) is 0.143. The number of halogens is 2. The zero-order valence-corrected chi connectivity index (χ0v) is 12.8. The van der Waals surface area contributed by atoms with Crippen molar-refractivity contribution < 1.29 is 4.74 Å². The monoisotopic (exact) mass is 342 g/mol. The molecule has 0 atom stereocenters. The zero-order chi connectivity index (χ0) is 12.8. The first kappa shape index (κ1) is 13.8. The van der Waals surface area contributed by atoms with Gasteiger partial charge in [-0.15, -0.1) is 11.8 Å². The lowest BCUT2D eigenvalue weighted by Gasteiger charge is -2.08. The van der Waals surface area contributed by atoms with E-state index in [0.29, 0.717) is 11.6 Å². The lowest BCUT2D eigenvalue weighted by atomic mass is 10.3. The minimum atomic E-state index is 0.666. The third kappa shape index (κ3) is 4.23. The first-order valence-electron chi connectivity index (χ1n) is 5.51. The van der Waals surface area contributed by atoms with E-state index >= 15 is 0 Å².